The molecular weight excluding hydrogens is 334 g/mol. The van der Waals surface area contributed by atoms with Crippen molar-refractivity contribution in [3.63, 3.8) is 0 Å². The van der Waals surface area contributed by atoms with E-state index in [-0.39, 0.29) is 37.0 Å². The number of carboxylic acid groups (broad SMARTS) is 1. The predicted molar refractivity (Wildman–Crippen MR) is 95.1 cm³/mol. The van der Waals surface area contributed by atoms with Crippen LogP contribution in [-0.2, 0) is 14.3 Å². The molecule has 0 radical (unpaired) electrons. The first kappa shape index (κ1) is 18.6. The Balaban J connectivity index is 1.63. The fraction of sp³-hybridized carbons (Fsp3) is 0.550. The Hall–Kier alpha value is -2.21. The van der Waals surface area contributed by atoms with Crippen molar-refractivity contribution >= 4 is 17.7 Å². The van der Waals surface area contributed by atoms with Crippen LogP contribution in [0.2, 0.25) is 0 Å². The summed E-state index contributed by atoms with van der Waals surface area (Å²) in [7, 11) is 0. The molecule has 2 saturated heterocycles. The van der Waals surface area contributed by atoms with Crippen molar-refractivity contribution in [2.45, 2.75) is 33.1 Å². The van der Waals surface area contributed by atoms with E-state index >= 15 is 0 Å². The van der Waals surface area contributed by atoms with Crippen LogP contribution >= 0.6 is 0 Å². The minimum atomic E-state index is -0.898. The van der Waals surface area contributed by atoms with E-state index in [2.05, 4.69) is 0 Å². The molecule has 3 rings (SSSR count). The number of aryl methyl sites for hydroxylation is 2. The van der Waals surface area contributed by atoms with E-state index in [0.29, 0.717) is 31.7 Å². The Bertz CT molecular complexity index is 744. The third-order valence-corrected chi connectivity index (χ3v) is 5.74. The van der Waals surface area contributed by atoms with Gasteiger partial charge in [0.05, 0.1) is 12.0 Å². The number of aliphatic carboxylic acids is 1. The Morgan fingerprint density at radius 3 is 2.73 bits per heavy atom. The molecule has 0 spiro atoms. The zero-order valence-electron chi connectivity index (χ0n) is 15.3. The molecule has 2 atom stereocenters. The summed E-state index contributed by atoms with van der Waals surface area (Å²) < 4.78 is 5.41. The molecule has 1 N–H and O–H groups in total. The first-order valence-corrected chi connectivity index (χ1v) is 9.03. The maximum atomic E-state index is 12.6. The Kier molecular flexibility index (Phi) is 5.14. The molecule has 1 aromatic carbocycles. The van der Waals surface area contributed by atoms with Crippen molar-refractivity contribution in [2.24, 2.45) is 11.3 Å². The molecule has 0 bridgehead atoms. The van der Waals surface area contributed by atoms with Gasteiger partial charge in [0.25, 0.3) is 0 Å². The van der Waals surface area contributed by atoms with Crippen LogP contribution in [0.1, 0.15) is 40.7 Å². The van der Waals surface area contributed by atoms with Gasteiger partial charge in [-0.3, -0.25) is 14.4 Å². The summed E-state index contributed by atoms with van der Waals surface area (Å²) in [4.78, 5) is 38.5. The molecular formula is C20H25NO5. The van der Waals surface area contributed by atoms with Gasteiger partial charge in [0.15, 0.2) is 5.78 Å². The number of hydrogen-bond acceptors (Lipinski definition) is 4. The highest BCUT2D eigenvalue weighted by molar-refractivity contribution is 5.99. The van der Waals surface area contributed by atoms with Crippen molar-refractivity contribution in [2.75, 3.05) is 26.3 Å². The highest BCUT2D eigenvalue weighted by atomic mass is 16.5. The van der Waals surface area contributed by atoms with Crippen molar-refractivity contribution in [1.82, 2.24) is 4.90 Å². The molecule has 1 amide bonds. The van der Waals surface area contributed by atoms with Crippen LogP contribution in [0.3, 0.4) is 0 Å². The van der Waals surface area contributed by atoms with Gasteiger partial charge in [0.1, 0.15) is 0 Å². The first-order valence-electron chi connectivity index (χ1n) is 9.03. The molecule has 2 fully saturated rings. The standard InChI is InChI=1S/C20H25NO5/c1-13-3-4-14(2)16(9-13)17(22)5-6-18(23)21-10-15-11-26-8-7-20(15,12-21)19(24)25/h3-4,9,15H,5-8,10-12H2,1-2H3,(H,24,25)/t15-,20+/m0/s1. The second kappa shape index (κ2) is 7.19. The predicted octanol–water partition coefficient (Wildman–Crippen LogP) is 2.22. The van der Waals surface area contributed by atoms with Gasteiger partial charge >= 0.3 is 5.97 Å². The van der Waals surface area contributed by atoms with Crippen molar-refractivity contribution in [3.05, 3.63) is 34.9 Å². The largest absolute Gasteiger partial charge is 0.481 e. The first-order chi connectivity index (χ1) is 12.3. The van der Waals surface area contributed by atoms with E-state index in [1.54, 1.807) is 4.90 Å². The fourth-order valence-electron chi connectivity index (χ4n) is 4.04. The van der Waals surface area contributed by atoms with Crippen molar-refractivity contribution in [1.29, 1.82) is 0 Å². The van der Waals surface area contributed by atoms with E-state index < -0.39 is 11.4 Å². The number of hydrogen-bond donors (Lipinski definition) is 1. The molecule has 0 aliphatic carbocycles. The van der Waals surface area contributed by atoms with Gasteiger partial charge in [-0.25, -0.2) is 0 Å². The van der Waals surface area contributed by atoms with Crippen molar-refractivity contribution < 1.29 is 24.2 Å². The summed E-state index contributed by atoms with van der Waals surface area (Å²) in [5, 5.41) is 9.67. The lowest BCUT2D eigenvalue weighted by Crippen LogP contribution is -2.45. The highest BCUT2D eigenvalue weighted by Crippen LogP contribution is 2.42. The second-order valence-corrected chi connectivity index (χ2v) is 7.50. The smallest absolute Gasteiger partial charge is 0.311 e. The molecule has 0 unspecified atom stereocenters. The Labute approximate surface area is 153 Å². The molecule has 0 saturated carbocycles. The SMILES string of the molecule is Cc1ccc(C)c(C(=O)CCC(=O)N2C[C@H]3COCC[C@@]3(C(=O)O)C2)c1. The minimum absolute atomic E-state index is 0.0487. The van der Waals surface area contributed by atoms with Gasteiger partial charge in [-0.05, 0) is 31.9 Å². The molecule has 140 valence electrons. The molecule has 2 aliphatic rings. The minimum Gasteiger partial charge on any atom is -0.481 e. The van der Waals surface area contributed by atoms with Gasteiger partial charge in [-0.15, -0.1) is 0 Å². The van der Waals surface area contributed by atoms with Gasteiger partial charge in [-0.2, -0.15) is 0 Å². The second-order valence-electron chi connectivity index (χ2n) is 7.50. The van der Waals surface area contributed by atoms with Crippen LogP contribution in [0.5, 0.6) is 0 Å². The van der Waals surface area contributed by atoms with Crippen LogP contribution in [0.15, 0.2) is 18.2 Å². The lowest BCUT2D eigenvalue weighted by Gasteiger charge is -2.33. The number of ketones is 1. The number of amides is 1. The summed E-state index contributed by atoms with van der Waals surface area (Å²) in [6, 6.07) is 5.71. The monoisotopic (exact) mass is 359 g/mol. The van der Waals surface area contributed by atoms with E-state index in [1.807, 2.05) is 32.0 Å². The maximum Gasteiger partial charge on any atom is 0.311 e. The zero-order valence-corrected chi connectivity index (χ0v) is 15.3. The quantitative estimate of drug-likeness (QED) is 0.815. The molecule has 2 heterocycles. The number of carbonyl (C=O) groups is 3. The van der Waals surface area contributed by atoms with E-state index in [0.717, 1.165) is 11.1 Å². The highest BCUT2D eigenvalue weighted by Gasteiger charge is 2.54. The lowest BCUT2D eigenvalue weighted by atomic mass is 9.74. The molecule has 0 aromatic heterocycles. The van der Waals surface area contributed by atoms with Crippen LogP contribution in [0.25, 0.3) is 0 Å². The van der Waals surface area contributed by atoms with E-state index in [9.17, 15) is 19.5 Å². The fourth-order valence-corrected chi connectivity index (χ4v) is 4.04. The van der Waals surface area contributed by atoms with Crippen LogP contribution in [-0.4, -0.2) is 54.0 Å². The average molecular weight is 359 g/mol. The zero-order chi connectivity index (χ0) is 18.9. The summed E-state index contributed by atoms with van der Waals surface area (Å²) in [6.45, 7) is 5.21. The number of carboxylic acids is 1. The number of ether oxygens (including phenoxy) is 1. The Morgan fingerprint density at radius 1 is 1.27 bits per heavy atom. The molecule has 1 aromatic rings. The van der Waals surface area contributed by atoms with Crippen LogP contribution in [0, 0.1) is 25.2 Å². The number of fused-ring (bicyclic) bond motifs is 1. The van der Waals surface area contributed by atoms with Gasteiger partial charge in [0.2, 0.25) is 5.91 Å². The van der Waals surface area contributed by atoms with Crippen LogP contribution < -0.4 is 0 Å². The third-order valence-electron chi connectivity index (χ3n) is 5.74. The van der Waals surface area contributed by atoms with Gasteiger partial charge in [-0.1, -0.05) is 17.7 Å². The molecule has 6 nitrogen and oxygen atoms in total. The summed E-state index contributed by atoms with van der Waals surface area (Å²) in [5.41, 5.74) is 1.67. The van der Waals surface area contributed by atoms with E-state index in [4.69, 9.17) is 4.74 Å². The third kappa shape index (κ3) is 3.38. The summed E-state index contributed by atoms with van der Waals surface area (Å²) in [6.07, 6.45) is 0.675. The number of carbonyl (C=O) groups excluding carboxylic acids is 2. The van der Waals surface area contributed by atoms with E-state index in [1.165, 1.54) is 0 Å². The number of likely N-dealkylation sites (tertiary alicyclic amines) is 1. The average Bonchev–Trinajstić information content (AvgIpc) is 3.02. The normalized spacial score (nSPS) is 25.0. The van der Waals surface area contributed by atoms with Crippen molar-refractivity contribution in [3.8, 4) is 0 Å². The number of Topliss-reactive ketones (excluding diaryl/α,β-unsaturated/α-hetero) is 1. The molecule has 26 heavy (non-hydrogen) atoms. The molecule has 6 heteroatoms. The lowest BCUT2D eigenvalue weighted by molar-refractivity contribution is -0.157. The number of rotatable bonds is 5. The van der Waals surface area contributed by atoms with Crippen LogP contribution in [0.4, 0.5) is 0 Å². The number of nitrogens with zero attached hydrogens (tertiary/aromatic N) is 1. The molecule has 2 aliphatic heterocycles. The topological polar surface area (TPSA) is 83.9 Å². The Morgan fingerprint density at radius 2 is 2.04 bits per heavy atom. The summed E-state index contributed by atoms with van der Waals surface area (Å²) >= 11 is 0. The maximum absolute atomic E-state index is 12.6. The summed E-state index contributed by atoms with van der Waals surface area (Å²) in [5.74, 6) is -1.23. The van der Waals surface area contributed by atoms with Gasteiger partial charge in [0, 0.05) is 44.0 Å². The number of benzene rings is 1. The van der Waals surface area contributed by atoms with Gasteiger partial charge < -0.3 is 14.7 Å².